The summed E-state index contributed by atoms with van der Waals surface area (Å²) in [7, 11) is 0. The van der Waals surface area contributed by atoms with Crippen molar-refractivity contribution in [1.82, 2.24) is 0 Å². The minimum absolute atomic E-state index is 0.340. The lowest BCUT2D eigenvalue weighted by Gasteiger charge is -1.99. The summed E-state index contributed by atoms with van der Waals surface area (Å²) in [6.45, 7) is 0. The highest BCUT2D eigenvalue weighted by atomic mass is 35.5. The Morgan fingerprint density at radius 2 is 2.00 bits per heavy atom. The molecule has 1 unspecified atom stereocenters. The first-order valence-corrected chi connectivity index (χ1v) is 3.79. The zero-order chi connectivity index (χ0) is 8.97. The quantitative estimate of drug-likeness (QED) is 0.332. The lowest BCUT2D eigenvalue weighted by molar-refractivity contribution is 0.0986. The van der Waals surface area contributed by atoms with Crippen LogP contribution < -0.4 is 0 Å². The number of carbonyl (C=O) groups is 1. The second-order valence-electron chi connectivity index (χ2n) is 2.20. The van der Waals surface area contributed by atoms with Gasteiger partial charge >= 0.3 is 0 Å². The Kier molecular flexibility index (Phi) is 2.94. The lowest BCUT2D eigenvalue weighted by atomic mass is 10.1. The van der Waals surface area contributed by atoms with Crippen LogP contribution in [-0.2, 0) is 0 Å². The first-order valence-electron chi connectivity index (χ1n) is 3.35. The molecule has 1 rings (SSSR count). The van der Waals surface area contributed by atoms with E-state index in [0.717, 1.165) is 0 Å². The van der Waals surface area contributed by atoms with Crippen molar-refractivity contribution in [3.05, 3.63) is 35.9 Å². The number of carbonyl (C=O) groups excluding carboxylic acids is 1. The second-order valence-corrected chi connectivity index (χ2v) is 2.61. The number of Topliss-reactive ketones (excluding diaryl/α,β-unsaturated/α-hetero) is 1. The van der Waals surface area contributed by atoms with Gasteiger partial charge in [0, 0.05) is 5.56 Å². The molecule has 62 valence electrons. The maximum absolute atomic E-state index is 11.2. The van der Waals surface area contributed by atoms with Gasteiger partial charge < -0.3 is 0 Å². The minimum Gasteiger partial charge on any atom is -0.290 e. The number of hydrogen-bond acceptors (Lipinski definition) is 3. The van der Waals surface area contributed by atoms with Crippen LogP contribution in [0.25, 0.3) is 0 Å². The van der Waals surface area contributed by atoms with Crippen LogP contribution in [0.3, 0.4) is 0 Å². The number of hydrogen-bond donors (Lipinski definition) is 1. The van der Waals surface area contributed by atoms with E-state index < -0.39 is 5.50 Å². The molecule has 0 saturated heterocycles. The van der Waals surface area contributed by atoms with Crippen LogP contribution in [-0.4, -0.2) is 11.3 Å². The predicted octanol–water partition coefficient (Wildman–Crippen LogP) is 2.47. The summed E-state index contributed by atoms with van der Waals surface area (Å²) in [4.78, 5) is 11.2. The molecule has 1 aromatic rings. The van der Waals surface area contributed by atoms with Gasteiger partial charge in [0.2, 0.25) is 11.3 Å². The molecule has 0 spiro atoms. The van der Waals surface area contributed by atoms with Crippen LogP contribution in [0.5, 0.6) is 0 Å². The van der Waals surface area contributed by atoms with Crippen molar-refractivity contribution in [3.8, 4) is 0 Å². The van der Waals surface area contributed by atoms with Gasteiger partial charge in [-0.25, -0.2) is 5.53 Å². The van der Waals surface area contributed by atoms with Crippen molar-refractivity contribution in [2.75, 3.05) is 0 Å². The molecular weight excluding hydrogens is 176 g/mol. The maximum atomic E-state index is 11.2. The molecule has 12 heavy (non-hydrogen) atoms. The van der Waals surface area contributed by atoms with Gasteiger partial charge in [0.15, 0.2) is 0 Å². The van der Waals surface area contributed by atoms with Crippen LogP contribution in [0.1, 0.15) is 10.4 Å². The second kappa shape index (κ2) is 3.97. The van der Waals surface area contributed by atoms with Gasteiger partial charge in [0.25, 0.3) is 0 Å². The van der Waals surface area contributed by atoms with Crippen LogP contribution in [0.2, 0.25) is 0 Å². The van der Waals surface area contributed by atoms with Gasteiger partial charge in [0.1, 0.15) is 0 Å². The van der Waals surface area contributed by atoms with E-state index >= 15 is 0 Å². The fourth-order valence-electron chi connectivity index (χ4n) is 0.799. The molecule has 0 aliphatic carbocycles. The van der Waals surface area contributed by atoms with Crippen molar-refractivity contribution in [1.29, 1.82) is 5.53 Å². The van der Waals surface area contributed by atoms with Gasteiger partial charge in [-0.15, -0.1) is 0 Å². The average Bonchev–Trinajstić information content (AvgIpc) is 2.17. The van der Waals surface area contributed by atoms with E-state index in [2.05, 4.69) is 5.11 Å². The average molecular weight is 183 g/mol. The largest absolute Gasteiger partial charge is 0.290 e. The van der Waals surface area contributed by atoms with Crippen molar-refractivity contribution < 1.29 is 4.79 Å². The van der Waals surface area contributed by atoms with E-state index in [1.807, 2.05) is 0 Å². The van der Waals surface area contributed by atoms with E-state index in [9.17, 15) is 4.79 Å². The Hall–Kier alpha value is -1.22. The smallest absolute Gasteiger partial charge is 0.206 e. The summed E-state index contributed by atoms with van der Waals surface area (Å²) in [5.41, 5.74) is 5.95. The van der Waals surface area contributed by atoms with E-state index in [-0.39, 0.29) is 5.78 Å². The Bertz CT molecular complexity index is 286. The first-order chi connectivity index (χ1) is 5.75. The van der Waals surface area contributed by atoms with Crippen molar-refractivity contribution in [2.45, 2.75) is 5.50 Å². The van der Waals surface area contributed by atoms with Crippen LogP contribution in [0, 0.1) is 5.53 Å². The first kappa shape index (κ1) is 8.87. The Balaban J connectivity index is 2.85. The molecule has 4 heteroatoms. The number of nitrogens with one attached hydrogen (secondary N) is 1. The Morgan fingerprint density at radius 1 is 1.42 bits per heavy atom. The molecule has 0 fully saturated rings. The fourth-order valence-corrected chi connectivity index (χ4v) is 0.925. The molecule has 0 aliphatic rings. The minimum atomic E-state index is -1.09. The number of ketones is 1. The normalized spacial score (nSPS) is 12.1. The summed E-state index contributed by atoms with van der Waals surface area (Å²) in [5.74, 6) is -0.340. The highest BCUT2D eigenvalue weighted by Gasteiger charge is 2.14. The third kappa shape index (κ3) is 1.89. The predicted molar refractivity (Wildman–Crippen MR) is 45.6 cm³/mol. The molecule has 0 aliphatic heterocycles. The summed E-state index contributed by atoms with van der Waals surface area (Å²) < 4.78 is 0. The topological polar surface area (TPSA) is 53.3 Å². The van der Waals surface area contributed by atoms with E-state index in [4.69, 9.17) is 17.1 Å². The molecule has 0 aromatic heterocycles. The van der Waals surface area contributed by atoms with Gasteiger partial charge in [-0.2, -0.15) is 5.11 Å². The summed E-state index contributed by atoms with van der Waals surface area (Å²) in [5, 5.41) is 2.93. The molecule has 1 aromatic carbocycles. The molecule has 1 atom stereocenters. The molecule has 0 saturated carbocycles. The van der Waals surface area contributed by atoms with Gasteiger partial charge in [0.05, 0.1) is 0 Å². The third-order valence-electron chi connectivity index (χ3n) is 1.39. The monoisotopic (exact) mass is 182 g/mol. The molecule has 0 amide bonds. The number of rotatable bonds is 3. The Morgan fingerprint density at radius 3 is 2.50 bits per heavy atom. The van der Waals surface area contributed by atoms with Crippen LogP contribution in [0.4, 0.5) is 0 Å². The summed E-state index contributed by atoms with van der Waals surface area (Å²) >= 11 is 5.45. The van der Waals surface area contributed by atoms with E-state index in [1.54, 1.807) is 30.3 Å². The maximum Gasteiger partial charge on any atom is 0.206 e. The van der Waals surface area contributed by atoms with Crippen molar-refractivity contribution in [2.24, 2.45) is 5.11 Å². The van der Waals surface area contributed by atoms with Crippen LogP contribution in [0.15, 0.2) is 35.4 Å². The van der Waals surface area contributed by atoms with E-state index in [1.165, 1.54) is 0 Å². The van der Waals surface area contributed by atoms with Gasteiger partial charge in [-0.05, 0) is 0 Å². The fraction of sp³-hybridized carbons (Fsp3) is 0.125. The molecule has 0 bridgehead atoms. The van der Waals surface area contributed by atoms with E-state index in [0.29, 0.717) is 5.56 Å². The molecule has 1 N–H and O–H groups in total. The molecular formula is C8H7ClN2O. The van der Waals surface area contributed by atoms with Crippen LogP contribution >= 0.6 is 11.6 Å². The number of nitrogens with zero attached hydrogens (tertiary/aromatic N) is 1. The zero-order valence-electron chi connectivity index (χ0n) is 6.20. The molecule has 0 heterocycles. The zero-order valence-corrected chi connectivity index (χ0v) is 6.95. The highest BCUT2D eigenvalue weighted by Crippen LogP contribution is 2.08. The summed E-state index contributed by atoms with van der Waals surface area (Å²) in [6, 6.07) is 8.56. The number of alkyl halides is 1. The van der Waals surface area contributed by atoms with Crippen molar-refractivity contribution >= 4 is 17.4 Å². The number of halogens is 1. The SMILES string of the molecule is N=NC(Cl)C(=O)c1ccccc1. The highest BCUT2D eigenvalue weighted by molar-refractivity contribution is 6.33. The lowest BCUT2D eigenvalue weighted by Crippen LogP contribution is -2.10. The standard InChI is InChI=1S/C8H7ClN2O/c9-8(11-10)7(12)6-4-2-1-3-5-6/h1-5,8,10H. The number of benzene rings is 1. The molecule has 0 radical (unpaired) electrons. The van der Waals surface area contributed by atoms with Gasteiger partial charge in [-0.3, -0.25) is 4.79 Å². The Labute approximate surface area is 74.9 Å². The third-order valence-corrected chi connectivity index (χ3v) is 1.68. The van der Waals surface area contributed by atoms with Crippen molar-refractivity contribution in [3.63, 3.8) is 0 Å². The summed E-state index contributed by atoms with van der Waals surface area (Å²) in [6.07, 6.45) is 0. The molecule has 3 nitrogen and oxygen atoms in total. The van der Waals surface area contributed by atoms with Gasteiger partial charge in [-0.1, -0.05) is 41.9 Å².